The first-order chi connectivity index (χ1) is 13.2. The van der Waals surface area contributed by atoms with Crippen molar-refractivity contribution in [2.75, 3.05) is 0 Å². The number of H-pyrrole nitrogens is 1. The molecule has 0 saturated carbocycles. The lowest BCUT2D eigenvalue weighted by molar-refractivity contribution is -0.143. The minimum Gasteiger partial charge on any atom is -0.480 e. The van der Waals surface area contributed by atoms with Crippen LogP contribution in [-0.4, -0.2) is 46.0 Å². The molecule has 0 radical (unpaired) electrons. The number of aliphatic carboxylic acids is 1. The van der Waals surface area contributed by atoms with Crippen molar-refractivity contribution in [1.29, 1.82) is 0 Å². The summed E-state index contributed by atoms with van der Waals surface area (Å²) in [6, 6.07) is 4.86. The number of amides is 2. The largest absolute Gasteiger partial charge is 0.480 e. The molecule has 2 amide bonds. The van der Waals surface area contributed by atoms with Gasteiger partial charge in [0.05, 0.1) is 6.04 Å². The van der Waals surface area contributed by atoms with Gasteiger partial charge in [-0.3, -0.25) is 9.59 Å². The highest BCUT2D eigenvalue weighted by atomic mass is 16.4. The number of hydrogen-bond acceptors (Lipinski definition) is 4. The zero-order valence-corrected chi connectivity index (χ0v) is 16.4. The van der Waals surface area contributed by atoms with Crippen LogP contribution in [0.2, 0.25) is 0 Å². The maximum atomic E-state index is 12.9. The fraction of sp³-hybridized carbons (Fsp3) is 0.450. The van der Waals surface area contributed by atoms with Gasteiger partial charge in [-0.25, -0.2) is 4.79 Å². The van der Waals surface area contributed by atoms with Gasteiger partial charge in [0.1, 0.15) is 12.1 Å². The van der Waals surface area contributed by atoms with Gasteiger partial charge in [0.15, 0.2) is 0 Å². The van der Waals surface area contributed by atoms with Crippen molar-refractivity contribution in [2.45, 2.75) is 51.7 Å². The van der Waals surface area contributed by atoms with Crippen LogP contribution in [-0.2, 0) is 20.8 Å². The van der Waals surface area contributed by atoms with Gasteiger partial charge in [-0.15, -0.1) is 0 Å². The molecule has 0 fully saturated rings. The standard InChI is InChI=1S/C20H28N4O4/c1-4-11(2)17(20(27)28)24-19(26)16(23-18(25)12(3)21)9-13-10-22-15-8-6-5-7-14(13)15/h5-8,10-12,16-17,22H,4,9,21H2,1-3H3,(H,23,25)(H,24,26)(H,27,28). The Labute approximate surface area is 163 Å². The molecule has 6 N–H and O–H groups in total. The molecule has 8 nitrogen and oxygen atoms in total. The molecule has 1 heterocycles. The van der Waals surface area contributed by atoms with E-state index in [2.05, 4.69) is 15.6 Å². The number of nitrogens with one attached hydrogen (secondary N) is 3. The summed E-state index contributed by atoms with van der Waals surface area (Å²) >= 11 is 0. The average molecular weight is 388 g/mol. The van der Waals surface area contributed by atoms with E-state index in [1.807, 2.05) is 31.2 Å². The lowest BCUT2D eigenvalue weighted by atomic mass is 9.98. The molecule has 2 aromatic rings. The summed E-state index contributed by atoms with van der Waals surface area (Å²) in [7, 11) is 0. The number of carbonyl (C=O) groups is 3. The van der Waals surface area contributed by atoms with Gasteiger partial charge in [-0.05, 0) is 24.5 Å². The van der Waals surface area contributed by atoms with Gasteiger partial charge in [0.25, 0.3) is 0 Å². The van der Waals surface area contributed by atoms with E-state index in [-0.39, 0.29) is 12.3 Å². The van der Waals surface area contributed by atoms with Crippen LogP contribution in [0.4, 0.5) is 0 Å². The van der Waals surface area contributed by atoms with Crippen molar-refractivity contribution in [3.8, 4) is 0 Å². The molecule has 0 aliphatic heterocycles. The number of rotatable bonds is 9. The molecule has 4 unspecified atom stereocenters. The van der Waals surface area contributed by atoms with E-state index in [9.17, 15) is 19.5 Å². The molecule has 0 aliphatic carbocycles. The first-order valence-corrected chi connectivity index (χ1v) is 9.38. The van der Waals surface area contributed by atoms with Gasteiger partial charge in [0, 0.05) is 23.5 Å². The van der Waals surface area contributed by atoms with Crippen molar-refractivity contribution >= 4 is 28.7 Å². The predicted octanol–water partition coefficient (Wildman–Crippen LogP) is 1.16. The minimum atomic E-state index is -1.10. The van der Waals surface area contributed by atoms with Crippen LogP contribution in [0.1, 0.15) is 32.8 Å². The molecular formula is C20H28N4O4. The zero-order valence-electron chi connectivity index (χ0n) is 16.4. The summed E-state index contributed by atoms with van der Waals surface area (Å²) in [5, 5.41) is 15.6. The van der Waals surface area contributed by atoms with E-state index in [1.54, 1.807) is 13.1 Å². The summed E-state index contributed by atoms with van der Waals surface area (Å²) in [5.74, 6) is -2.38. The summed E-state index contributed by atoms with van der Waals surface area (Å²) in [5.41, 5.74) is 7.38. The average Bonchev–Trinajstić information content (AvgIpc) is 3.07. The number of carboxylic acids is 1. The Morgan fingerprint density at radius 2 is 1.82 bits per heavy atom. The fourth-order valence-corrected chi connectivity index (χ4v) is 2.97. The minimum absolute atomic E-state index is 0.209. The SMILES string of the molecule is CCC(C)C(NC(=O)C(Cc1c[nH]c2ccccc12)NC(=O)C(C)N)C(=O)O. The zero-order chi connectivity index (χ0) is 20.8. The molecule has 2 rings (SSSR count). The number of fused-ring (bicyclic) bond motifs is 1. The van der Waals surface area contributed by atoms with E-state index in [0.29, 0.717) is 6.42 Å². The van der Waals surface area contributed by atoms with Crippen molar-refractivity contribution in [3.63, 3.8) is 0 Å². The third-order valence-corrected chi connectivity index (χ3v) is 4.92. The Morgan fingerprint density at radius 3 is 2.43 bits per heavy atom. The van der Waals surface area contributed by atoms with Crippen LogP contribution >= 0.6 is 0 Å². The Hall–Kier alpha value is -2.87. The Morgan fingerprint density at radius 1 is 1.14 bits per heavy atom. The van der Waals surface area contributed by atoms with Crippen LogP contribution < -0.4 is 16.4 Å². The number of aromatic amines is 1. The Balaban J connectivity index is 2.26. The smallest absolute Gasteiger partial charge is 0.326 e. The monoisotopic (exact) mass is 388 g/mol. The Bertz CT molecular complexity index is 846. The van der Waals surface area contributed by atoms with Crippen LogP contribution in [0.15, 0.2) is 30.5 Å². The maximum Gasteiger partial charge on any atom is 0.326 e. The number of carbonyl (C=O) groups excluding carboxylic acids is 2. The van der Waals surface area contributed by atoms with E-state index in [0.717, 1.165) is 16.5 Å². The third-order valence-electron chi connectivity index (χ3n) is 4.92. The normalized spacial score (nSPS) is 15.4. The molecule has 8 heteroatoms. The fourth-order valence-electron chi connectivity index (χ4n) is 2.97. The molecule has 1 aromatic carbocycles. The van der Waals surface area contributed by atoms with Gasteiger partial charge in [-0.1, -0.05) is 38.5 Å². The molecule has 28 heavy (non-hydrogen) atoms. The van der Waals surface area contributed by atoms with E-state index in [4.69, 9.17) is 5.73 Å². The first-order valence-electron chi connectivity index (χ1n) is 9.38. The van der Waals surface area contributed by atoms with Crippen LogP contribution in [0.25, 0.3) is 10.9 Å². The first kappa shape index (κ1) is 21.4. The van der Waals surface area contributed by atoms with Gasteiger partial charge in [-0.2, -0.15) is 0 Å². The predicted molar refractivity (Wildman–Crippen MR) is 107 cm³/mol. The van der Waals surface area contributed by atoms with Gasteiger partial charge < -0.3 is 26.5 Å². The number of hydrogen-bond donors (Lipinski definition) is 5. The van der Waals surface area contributed by atoms with Gasteiger partial charge in [0.2, 0.25) is 11.8 Å². The van der Waals surface area contributed by atoms with Crippen LogP contribution in [0.3, 0.4) is 0 Å². The highest BCUT2D eigenvalue weighted by Gasteiger charge is 2.30. The summed E-state index contributed by atoms with van der Waals surface area (Å²) in [6.07, 6.45) is 2.59. The second-order valence-electron chi connectivity index (χ2n) is 7.12. The van der Waals surface area contributed by atoms with E-state index >= 15 is 0 Å². The van der Waals surface area contributed by atoms with Crippen molar-refractivity contribution < 1.29 is 19.5 Å². The van der Waals surface area contributed by atoms with Crippen molar-refractivity contribution in [2.24, 2.45) is 11.7 Å². The molecule has 0 aliphatic rings. The van der Waals surface area contributed by atoms with Crippen LogP contribution in [0, 0.1) is 5.92 Å². The lowest BCUT2D eigenvalue weighted by Gasteiger charge is -2.24. The molecule has 0 bridgehead atoms. The van der Waals surface area contributed by atoms with E-state index < -0.39 is 35.9 Å². The maximum absolute atomic E-state index is 12.9. The molecule has 152 valence electrons. The van der Waals surface area contributed by atoms with E-state index in [1.165, 1.54) is 6.92 Å². The highest BCUT2D eigenvalue weighted by Crippen LogP contribution is 2.19. The second-order valence-corrected chi connectivity index (χ2v) is 7.12. The topological polar surface area (TPSA) is 137 Å². The molecule has 4 atom stereocenters. The number of para-hydroxylation sites is 1. The quantitative estimate of drug-likeness (QED) is 0.439. The molecular weight excluding hydrogens is 360 g/mol. The molecule has 0 spiro atoms. The Kier molecular flexibility index (Phi) is 7.17. The number of nitrogens with two attached hydrogens (primary N) is 1. The molecule has 0 saturated heterocycles. The number of benzene rings is 1. The highest BCUT2D eigenvalue weighted by molar-refractivity contribution is 5.92. The van der Waals surface area contributed by atoms with Crippen molar-refractivity contribution in [3.05, 3.63) is 36.0 Å². The number of aromatic nitrogens is 1. The lowest BCUT2D eigenvalue weighted by Crippen LogP contribution is -2.56. The number of carboxylic acid groups (broad SMARTS) is 1. The summed E-state index contributed by atoms with van der Waals surface area (Å²) < 4.78 is 0. The summed E-state index contributed by atoms with van der Waals surface area (Å²) in [4.78, 5) is 39.7. The molecule has 1 aromatic heterocycles. The van der Waals surface area contributed by atoms with Crippen LogP contribution in [0.5, 0.6) is 0 Å². The van der Waals surface area contributed by atoms with Crippen molar-refractivity contribution in [1.82, 2.24) is 15.6 Å². The van der Waals surface area contributed by atoms with Gasteiger partial charge >= 0.3 is 5.97 Å². The summed E-state index contributed by atoms with van der Waals surface area (Å²) in [6.45, 7) is 5.14. The third kappa shape index (κ3) is 5.10. The second kappa shape index (κ2) is 9.36.